The summed E-state index contributed by atoms with van der Waals surface area (Å²) in [4.78, 5) is 36.9. The van der Waals surface area contributed by atoms with Crippen molar-refractivity contribution in [3.05, 3.63) is 58.9 Å². The molecule has 8 nitrogen and oxygen atoms in total. The van der Waals surface area contributed by atoms with Gasteiger partial charge in [0.05, 0.1) is 24.2 Å². The van der Waals surface area contributed by atoms with E-state index >= 15 is 0 Å². The summed E-state index contributed by atoms with van der Waals surface area (Å²) < 4.78 is 10.9. The summed E-state index contributed by atoms with van der Waals surface area (Å²) in [6, 6.07) is 13.6. The van der Waals surface area contributed by atoms with Gasteiger partial charge in [-0.3, -0.25) is 4.79 Å². The number of hydrogen-bond acceptors (Lipinski definition) is 5. The van der Waals surface area contributed by atoms with E-state index in [4.69, 9.17) is 26.1 Å². The standard InChI is InChI=1S/C32H33ClN4O4/c1-16(2)28(36-32(39)40-3)31(38)37-25-6-4-5-18(25)13-26(37)30-34-24-10-7-17-11-22-19(12-23(17)29(24)35-30)15-41-27-14-20(33)8-9-21(22)27/h7-12,14,16,18,25-26,28H,4-6,13,15H2,1-3H3,(H,34,35)(H,36,39)/t18-,25-,26-,28?/m0/s1. The average Bonchev–Trinajstić information content (AvgIpc) is 3.68. The highest BCUT2D eigenvalue weighted by Crippen LogP contribution is 2.48. The van der Waals surface area contributed by atoms with Crippen LogP contribution in [0.15, 0.2) is 42.5 Å². The zero-order valence-corrected chi connectivity index (χ0v) is 24.1. The molecule has 2 fully saturated rings. The second kappa shape index (κ2) is 9.94. The molecule has 7 rings (SSSR count). The summed E-state index contributed by atoms with van der Waals surface area (Å²) in [7, 11) is 1.32. The Kier molecular flexibility index (Phi) is 6.34. The van der Waals surface area contributed by atoms with Crippen molar-refractivity contribution in [2.45, 2.75) is 64.3 Å². The van der Waals surface area contributed by atoms with Crippen molar-refractivity contribution in [3.63, 3.8) is 0 Å². The highest BCUT2D eigenvalue weighted by molar-refractivity contribution is 6.30. The molecule has 3 heterocycles. The molecule has 2 amide bonds. The fraction of sp³-hybridized carbons (Fsp3) is 0.406. The van der Waals surface area contributed by atoms with Crippen molar-refractivity contribution < 1.29 is 19.1 Å². The minimum absolute atomic E-state index is 0.0694. The largest absolute Gasteiger partial charge is 0.488 e. The second-order valence-corrected chi connectivity index (χ2v) is 12.3. The monoisotopic (exact) mass is 572 g/mol. The molecule has 0 radical (unpaired) electrons. The predicted molar refractivity (Wildman–Crippen MR) is 158 cm³/mol. The van der Waals surface area contributed by atoms with Gasteiger partial charge in [-0.05, 0) is 84.0 Å². The molecule has 2 aliphatic heterocycles. The molecule has 1 saturated heterocycles. The van der Waals surface area contributed by atoms with Crippen molar-refractivity contribution in [1.82, 2.24) is 20.2 Å². The zero-order chi connectivity index (χ0) is 28.4. The lowest BCUT2D eigenvalue weighted by Gasteiger charge is -2.33. The summed E-state index contributed by atoms with van der Waals surface area (Å²) in [5, 5.41) is 5.62. The first-order valence-electron chi connectivity index (χ1n) is 14.4. The number of halogens is 1. The van der Waals surface area contributed by atoms with Crippen LogP contribution in [0, 0.1) is 11.8 Å². The van der Waals surface area contributed by atoms with Crippen molar-refractivity contribution in [2.75, 3.05) is 7.11 Å². The van der Waals surface area contributed by atoms with Crippen LogP contribution in [-0.2, 0) is 16.1 Å². The smallest absolute Gasteiger partial charge is 0.407 e. The fourth-order valence-electron chi connectivity index (χ4n) is 7.15. The van der Waals surface area contributed by atoms with Crippen LogP contribution in [0.5, 0.6) is 5.75 Å². The van der Waals surface area contributed by atoms with E-state index in [0.29, 0.717) is 17.5 Å². The molecule has 1 unspecified atom stereocenters. The lowest BCUT2D eigenvalue weighted by Crippen LogP contribution is -2.53. The first-order valence-corrected chi connectivity index (χ1v) is 14.7. The van der Waals surface area contributed by atoms with Gasteiger partial charge in [0.25, 0.3) is 0 Å². The number of rotatable bonds is 4. The Balaban J connectivity index is 1.29. The third kappa shape index (κ3) is 4.31. The lowest BCUT2D eigenvalue weighted by atomic mass is 9.93. The van der Waals surface area contributed by atoms with E-state index in [9.17, 15) is 9.59 Å². The van der Waals surface area contributed by atoms with E-state index in [0.717, 1.165) is 75.8 Å². The number of amides is 2. The number of nitrogens with one attached hydrogen (secondary N) is 2. The topological polar surface area (TPSA) is 96.5 Å². The van der Waals surface area contributed by atoms with Gasteiger partial charge in [-0.2, -0.15) is 0 Å². The summed E-state index contributed by atoms with van der Waals surface area (Å²) >= 11 is 6.20. The number of nitrogens with zero attached hydrogens (tertiary/aromatic N) is 2. The molecule has 2 N–H and O–H groups in total. The summed E-state index contributed by atoms with van der Waals surface area (Å²) in [5.41, 5.74) is 5.12. The SMILES string of the molecule is COC(=O)NC(C(=O)N1[C@H](c2nc3ccc4cc5c(cc4c3[nH]2)COc2cc(Cl)ccc2-5)C[C@@H]2CCC[C@@H]21)C(C)C. The maximum absolute atomic E-state index is 14.1. The van der Waals surface area contributed by atoms with Crippen LogP contribution in [0.1, 0.15) is 57.0 Å². The number of likely N-dealkylation sites (tertiary alicyclic amines) is 1. The van der Waals surface area contributed by atoms with Crippen LogP contribution in [0.2, 0.25) is 5.02 Å². The Morgan fingerprint density at radius 1 is 1.15 bits per heavy atom. The van der Waals surface area contributed by atoms with E-state index in [1.807, 2.05) is 43.0 Å². The van der Waals surface area contributed by atoms with E-state index < -0.39 is 12.1 Å². The van der Waals surface area contributed by atoms with E-state index in [2.05, 4.69) is 28.5 Å². The van der Waals surface area contributed by atoms with Gasteiger partial charge in [0.1, 0.15) is 24.2 Å². The Bertz CT molecular complexity index is 1700. The molecule has 1 aromatic heterocycles. The van der Waals surface area contributed by atoms with Gasteiger partial charge in [-0.1, -0.05) is 37.9 Å². The number of benzene rings is 3. The summed E-state index contributed by atoms with van der Waals surface area (Å²) in [5.74, 6) is 1.87. The van der Waals surface area contributed by atoms with Crippen LogP contribution in [0.4, 0.5) is 4.79 Å². The third-order valence-corrected chi connectivity index (χ3v) is 9.37. The van der Waals surface area contributed by atoms with Crippen molar-refractivity contribution in [2.24, 2.45) is 11.8 Å². The minimum atomic E-state index is -0.668. The van der Waals surface area contributed by atoms with Gasteiger partial charge in [0.2, 0.25) is 5.91 Å². The van der Waals surface area contributed by atoms with E-state index in [-0.39, 0.29) is 23.9 Å². The Labute approximate surface area is 243 Å². The predicted octanol–water partition coefficient (Wildman–Crippen LogP) is 6.75. The number of alkyl carbamates (subject to hydrolysis) is 1. The minimum Gasteiger partial charge on any atom is -0.488 e. The van der Waals surface area contributed by atoms with E-state index in [1.165, 1.54) is 7.11 Å². The maximum atomic E-state index is 14.1. The highest BCUT2D eigenvalue weighted by atomic mass is 35.5. The molecule has 0 spiro atoms. The lowest BCUT2D eigenvalue weighted by molar-refractivity contribution is -0.137. The molecule has 3 aromatic carbocycles. The fourth-order valence-corrected chi connectivity index (χ4v) is 7.31. The van der Waals surface area contributed by atoms with Gasteiger partial charge >= 0.3 is 6.09 Å². The van der Waals surface area contributed by atoms with Crippen LogP contribution in [0.25, 0.3) is 32.9 Å². The van der Waals surface area contributed by atoms with Crippen LogP contribution in [-0.4, -0.2) is 46.1 Å². The Morgan fingerprint density at radius 2 is 2.00 bits per heavy atom. The number of fused-ring (bicyclic) bond motifs is 7. The van der Waals surface area contributed by atoms with Crippen LogP contribution >= 0.6 is 11.6 Å². The van der Waals surface area contributed by atoms with Crippen molar-refractivity contribution >= 4 is 45.4 Å². The molecule has 3 aliphatic rings. The van der Waals surface area contributed by atoms with E-state index in [1.54, 1.807) is 0 Å². The average molecular weight is 573 g/mol. The number of carbonyl (C=O) groups is 2. The first kappa shape index (κ1) is 26.1. The Hall–Kier alpha value is -3.78. The molecule has 41 heavy (non-hydrogen) atoms. The molecule has 4 atom stereocenters. The molecule has 4 aromatic rings. The first-order chi connectivity index (χ1) is 19.8. The number of H-pyrrole nitrogens is 1. The number of imidazole rings is 1. The Morgan fingerprint density at radius 3 is 2.80 bits per heavy atom. The molecular formula is C32H33ClN4O4. The number of ether oxygens (including phenoxy) is 2. The van der Waals surface area contributed by atoms with Gasteiger partial charge in [-0.25, -0.2) is 9.78 Å². The molecule has 9 heteroatoms. The third-order valence-electron chi connectivity index (χ3n) is 9.13. The number of aromatic amines is 1. The van der Waals surface area contributed by atoms with Gasteiger partial charge in [0.15, 0.2) is 0 Å². The van der Waals surface area contributed by atoms with Crippen LogP contribution < -0.4 is 10.1 Å². The number of hydrogen-bond donors (Lipinski definition) is 2. The molecule has 0 bridgehead atoms. The van der Waals surface area contributed by atoms with Crippen LogP contribution in [0.3, 0.4) is 0 Å². The number of aromatic nitrogens is 2. The molecular weight excluding hydrogens is 540 g/mol. The van der Waals surface area contributed by atoms with Gasteiger partial charge in [-0.15, -0.1) is 0 Å². The van der Waals surface area contributed by atoms with Crippen molar-refractivity contribution in [3.8, 4) is 16.9 Å². The molecule has 1 saturated carbocycles. The molecule has 1 aliphatic carbocycles. The van der Waals surface area contributed by atoms with Gasteiger partial charge < -0.3 is 24.7 Å². The normalized spacial score (nSPS) is 21.9. The maximum Gasteiger partial charge on any atom is 0.407 e. The summed E-state index contributed by atoms with van der Waals surface area (Å²) in [6.07, 6.45) is 3.45. The quantitative estimate of drug-likeness (QED) is 0.282. The molecule has 212 valence electrons. The number of methoxy groups -OCH3 is 1. The second-order valence-electron chi connectivity index (χ2n) is 11.9. The van der Waals surface area contributed by atoms with Gasteiger partial charge in [0, 0.05) is 22.0 Å². The highest BCUT2D eigenvalue weighted by Gasteiger charge is 2.49. The summed E-state index contributed by atoms with van der Waals surface area (Å²) in [6.45, 7) is 4.36. The number of carbonyl (C=O) groups excluding carboxylic acids is 2. The van der Waals surface area contributed by atoms with Crippen molar-refractivity contribution in [1.29, 1.82) is 0 Å². The zero-order valence-electron chi connectivity index (χ0n) is 23.4.